The molecule has 14 heteroatoms. The van der Waals surface area contributed by atoms with Gasteiger partial charge in [-0.3, -0.25) is 14.5 Å². The number of imidazole rings is 2. The summed E-state index contributed by atoms with van der Waals surface area (Å²) in [6.07, 6.45) is 5.53. The van der Waals surface area contributed by atoms with Crippen molar-refractivity contribution in [3.8, 4) is 33.6 Å². The minimum atomic E-state index is -1.12. The maximum Gasteiger partial charge on any atom is 0.407 e. The number of carbonyl (C=O) groups excluding carboxylic acids is 3. The van der Waals surface area contributed by atoms with E-state index in [1.54, 1.807) is 16.0 Å². The van der Waals surface area contributed by atoms with Crippen LogP contribution in [0.5, 0.6) is 0 Å². The highest BCUT2D eigenvalue weighted by molar-refractivity contribution is 5.91. The first-order valence-corrected chi connectivity index (χ1v) is 19.6. The highest BCUT2D eigenvalue weighted by Crippen LogP contribution is 2.36. The van der Waals surface area contributed by atoms with Gasteiger partial charge in [0.1, 0.15) is 23.7 Å². The Morgan fingerprint density at radius 2 is 1.32 bits per heavy atom. The third kappa shape index (κ3) is 7.94. The highest BCUT2D eigenvalue weighted by atomic mass is 16.5. The Kier molecular flexibility index (Phi) is 11.3. The zero-order chi connectivity index (χ0) is 40.4. The van der Waals surface area contributed by atoms with Crippen LogP contribution in [0.4, 0.5) is 9.59 Å². The van der Waals surface area contributed by atoms with Gasteiger partial charge in [-0.25, -0.2) is 19.6 Å². The Bertz CT molecular complexity index is 2260. The highest BCUT2D eigenvalue weighted by Gasteiger charge is 2.40. The smallest absolute Gasteiger partial charge is 0.407 e. The second-order valence-corrected chi connectivity index (χ2v) is 15.3. The molecule has 4 atom stereocenters. The molecule has 2 aliphatic rings. The Morgan fingerprint density at radius 3 is 1.86 bits per heavy atom. The maximum absolute atomic E-state index is 13.6. The van der Waals surface area contributed by atoms with Crippen molar-refractivity contribution in [2.75, 3.05) is 27.2 Å². The number of nitrogens with zero attached hydrogens (tertiary/aromatic N) is 5. The number of benzene rings is 3. The molecule has 4 heterocycles. The number of hydrogen-bond acceptors (Lipinski definition) is 7. The molecule has 7 rings (SSSR count). The predicted octanol–water partition coefficient (Wildman–Crippen LogP) is 7.38. The van der Waals surface area contributed by atoms with Crippen molar-refractivity contribution in [2.24, 2.45) is 5.92 Å². The second-order valence-electron chi connectivity index (χ2n) is 15.3. The van der Waals surface area contributed by atoms with Crippen LogP contribution in [-0.4, -0.2) is 103 Å². The van der Waals surface area contributed by atoms with Crippen LogP contribution in [0.1, 0.15) is 76.6 Å². The number of hydrogen-bond donors (Lipinski definition) is 4. The average molecular weight is 775 g/mol. The van der Waals surface area contributed by atoms with Crippen LogP contribution in [0.15, 0.2) is 73.1 Å². The predicted molar refractivity (Wildman–Crippen MR) is 216 cm³/mol. The summed E-state index contributed by atoms with van der Waals surface area (Å²) in [5.41, 5.74) is 5.83. The number of carboxylic acid groups (broad SMARTS) is 1. The first kappa shape index (κ1) is 39.1. The van der Waals surface area contributed by atoms with Crippen LogP contribution in [-0.2, 0) is 14.3 Å². The Hall–Kier alpha value is -6.18. The number of aromatic amines is 2. The number of ether oxygens (including phenoxy) is 1. The summed E-state index contributed by atoms with van der Waals surface area (Å²) in [5, 5.41) is 14.4. The summed E-state index contributed by atoms with van der Waals surface area (Å²) < 4.78 is 4.72. The number of amides is 4. The molecule has 14 nitrogen and oxygen atoms in total. The molecule has 298 valence electrons. The molecule has 0 unspecified atom stereocenters. The molecule has 2 fully saturated rings. The average Bonchev–Trinajstić information content (AvgIpc) is 4.06. The van der Waals surface area contributed by atoms with Crippen molar-refractivity contribution >= 4 is 34.8 Å². The van der Waals surface area contributed by atoms with Gasteiger partial charge in [-0.2, -0.15) is 0 Å². The van der Waals surface area contributed by atoms with Crippen molar-refractivity contribution in [1.82, 2.24) is 40.0 Å². The number of likely N-dealkylation sites (N-methyl/N-ethyl adjacent to an activating group) is 1. The molecule has 0 radical (unpaired) electrons. The number of carbonyl (C=O) groups is 4. The van der Waals surface area contributed by atoms with Gasteiger partial charge in [0, 0.05) is 25.7 Å². The van der Waals surface area contributed by atoms with Crippen LogP contribution in [0.3, 0.4) is 0 Å². The van der Waals surface area contributed by atoms with Gasteiger partial charge in [0.15, 0.2) is 0 Å². The van der Waals surface area contributed by atoms with Crippen molar-refractivity contribution in [1.29, 1.82) is 0 Å². The molecular formula is C43H50N8O6. The van der Waals surface area contributed by atoms with Gasteiger partial charge in [-0.05, 0) is 77.6 Å². The van der Waals surface area contributed by atoms with Crippen molar-refractivity contribution in [3.63, 3.8) is 0 Å². The summed E-state index contributed by atoms with van der Waals surface area (Å²) in [7, 11) is 2.74. The van der Waals surface area contributed by atoms with Crippen LogP contribution in [0.25, 0.3) is 44.4 Å². The number of aromatic nitrogens is 4. The molecule has 0 bridgehead atoms. The number of likely N-dealkylation sites (tertiary alicyclic amines) is 2. The topological polar surface area (TPSA) is 177 Å². The van der Waals surface area contributed by atoms with Gasteiger partial charge >= 0.3 is 12.2 Å². The Labute approximate surface area is 331 Å². The molecule has 2 saturated heterocycles. The quantitative estimate of drug-likeness (QED) is 0.107. The number of H-pyrrole nitrogens is 2. The van der Waals surface area contributed by atoms with E-state index in [1.165, 1.54) is 14.2 Å². The largest absolute Gasteiger partial charge is 0.465 e. The summed E-state index contributed by atoms with van der Waals surface area (Å²) in [5.74, 6) is 0.925. The van der Waals surface area contributed by atoms with E-state index < -0.39 is 24.3 Å². The van der Waals surface area contributed by atoms with E-state index in [-0.39, 0.29) is 29.8 Å². The van der Waals surface area contributed by atoms with Gasteiger partial charge in [-0.1, -0.05) is 69.3 Å². The summed E-state index contributed by atoms with van der Waals surface area (Å²) >= 11 is 0. The fraction of sp³-hybridized carbons (Fsp3) is 0.395. The zero-order valence-electron chi connectivity index (χ0n) is 33.0. The standard InChI is InChI=1S/C43H50N8O6/c1-6-32(48-42(54)57-5)40(52)50-19-7-9-35(50)38-45-24-34(47-38)31-18-17-29-21-28(15-16-30(29)22-31)26-11-13-27(14-12-26)33-23-44-39(46-33)36-10-8-20-51(36)41(53)37(25(2)3)49(4)43(55)56/h11-18,21-25,32,35-37H,6-10,19-20H2,1-5H3,(H,44,46)(H,45,47)(H,48,54)(H,55,56)/t32-,35-,36-,37-/m0/s1. The lowest BCUT2D eigenvalue weighted by Gasteiger charge is -2.33. The molecule has 0 saturated carbocycles. The molecule has 3 aromatic carbocycles. The number of methoxy groups -OCH3 is 1. The SMILES string of the molecule is CC[C@H](NC(=O)OC)C(=O)N1CCC[C@H]1c1ncc(-c2ccc3cc(-c4ccc(-c5cnc([C@@H]6CCCN6C(=O)[C@H](C(C)C)N(C)C(=O)O)[nH]5)cc4)ccc3c2)[nH]1. The number of alkyl carbamates (subject to hydrolysis) is 1. The molecule has 57 heavy (non-hydrogen) atoms. The van der Waals surface area contributed by atoms with Gasteiger partial charge in [0.05, 0.1) is 43.0 Å². The van der Waals surface area contributed by atoms with E-state index in [9.17, 15) is 24.3 Å². The van der Waals surface area contributed by atoms with E-state index in [1.807, 2.05) is 27.0 Å². The fourth-order valence-corrected chi connectivity index (χ4v) is 8.30. The summed E-state index contributed by atoms with van der Waals surface area (Å²) in [6, 6.07) is 19.1. The number of nitrogens with one attached hydrogen (secondary N) is 3. The van der Waals surface area contributed by atoms with Crippen LogP contribution >= 0.6 is 0 Å². The minimum Gasteiger partial charge on any atom is -0.465 e. The fourth-order valence-electron chi connectivity index (χ4n) is 8.30. The maximum atomic E-state index is 13.6. The lowest BCUT2D eigenvalue weighted by molar-refractivity contribution is -0.138. The monoisotopic (exact) mass is 774 g/mol. The molecule has 5 aromatic rings. The molecule has 4 N–H and O–H groups in total. The third-order valence-electron chi connectivity index (χ3n) is 11.4. The van der Waals surface area contributed by atoms with Crippen LogP contribution < -0.4 is 5.32 Å². The van der Waals surface area contributed by atoms with Crippen molar-refractivity contribution < 1.29 is 29.0 Å². The number of fused-ring (bicyclic) bond motifs is 1. The molecule has 0 aliphatic carbocycles. The van der Waals surface area contributed by atoms with E-state index >= 15 is 0 Å². The van der Waals surface area contributed by atoms with E-state index in [0.29, 0.717) is 25.3 Å². The summed E-state index contributed by atoms with van der Waals surface area (Å²) in [6.45, 7) is 6.75. The minimum absolute atomic E-state index is 0.138. The number of rotatable bonds is 11. The Morgan fingerprint density at radius 1 is 0.807 bits per heavy atom. The lowest BCUT2D eigenvalue weighted by Crippen LogP contribution is -2.51. The van der Waals surface area contributed by atoms with Gasteiger partial charge in [-0.15, -0.1) is 0 Å². The summed E-state index contributed by atoms with van der Waals surface area (Å²) in [4.78, 5) is 71.5. The van der Waals surface area contributed by atoms with E-state index in [0.717, 1.165) is 80.8 Å². The normalized spacial score (nSPS) is 17.9. The van der Waals surface area contributed by atoms with Gasteiger partial charge in [0.2, 0.25) is 11.8 Å². The molecule has 4 amide bonds. The third-order valence-corrected chi connectivity index (χ3v) is 11.4. The molecular weight excluding hydrogens is 725 g/mol. The van der Waals surface area contributed by atoms with Gasteiger partial charge < -0.3 is 34.9 Å². The van der Waals surface area contributed by atoms with Crippen LogP contribution in [0.2, 0.25) is 0 Å². The first-order valence-electron chi connectivity index (χ1n) is 19.6. The molecule has 2 aliphatic heterocycles. The zero-order valence-corrected chi connectivity index (χ0v) is 33.0. The van der Waals surface area contributed by atoms with Gasteiger partial charge in [0.25, 0.3) is 0 Å². The molecule has 2 aromatic heterocycles. The second kappa shape index (κ2) is 16.5. The molecule has 0 spiro atoms. The lowest BCUT2D eigenvalue weighted by atomic mass is 9.98. The Balaban J connectivity index is 1.03. The van der Waals surface area contributed by atoms with Crippen molar-refractivity contribution in [3.05, 3.63) is 84.7 Å². The first-order chi connectivity index (χ1) is 27.5. The van der Waals surface area contributed by atoms with E-state index in [2.05, 4.69) is 85.9 Å². The van der Waals surface area contributed by atoms with E-state index in [4.69, 9.17) is 4.74 Å². The van der Waals surface area contributed by atoms with Crippen LogP contribution in [0, 0.1) is 5.92 Å². The van der Waals surface area contributed by atoms with Crippen molar-refractivity contribution in [2.45, 2.75) is 77.0 Å².